The lowest BCUT2D eigenvalue weighted by molar-refractivity contribution is 0.414. The second-order valence-corrected chi connectivity index (χ2v) is 7.96. The highest BCUT2D eigenvalue weighted by molar-refractivity contribution is 5.74. The number of hydrogen-bond acceptors (Lipinski definition) is 6. The Hall–Kier alpha value is -3.68. The molecule has 0 amide bonds. The van der Waals surface area contributed by atoms with Crippen molar-refractivity contribution < 1.29 is 9.13 Å². The third-order valence-corrected chi connectivity index (χ3v) is 5.63. The minimum absolute atomic E-state index is 0.207. The summed E-state index contributed by atoms with van der Waals surface area (Å²) in [6, 6.07) is 9.77. The van der Waals surface area contributed by atoms with Gasteiger partial charge in [-0.2, -0.15) is 9.61 Å². The minimum Gasteiger partial charge on any atom is -0.497 e. The summed E-state index contributed by atoms with van der Waals surface area (Å²) in [6.07, 6.45) is 6.39. The van der Waals surface area contributed by atoms with Gasteiger partial charge in [-0.3, -0.25) is 4.98 Å². The van der Waals surface area contributed by atoms with Crippen LogP contribution in [-0.4, -0.2) is 46.8 Å². The summed E-state index contributed by atoms with van der Waals surface area (Å²) in [6.45, 7) is 0. The average Bonchev–Trinajstić information content (AvgIpc) is 3.36. The molecule has 0 radical (unpaired) electrons. The molecule has 31 heavy (non-hydrogen) atoms. The van der Waals surface area contributed by atoms with Crippen LogP contribution in [0.15, 0.2) is 48.9 Å². The van der Waals surface area contributed by atoms with Gasteiger partial charge in [-0.25, -0.2) is 9.37 Å². The van der Waals surface area contributed by atoms with E-state index in [-0.39, 0.29) is 6.04 Å². The summed E-state index contributed by atoms with van der Waals surface area (Å²) in [5.41, 5.74) is 5.44. The molecule has 1 aromatic carbocycles. The Morgan fingerprint density at radius 1 is 1.10 bits per heavy atom. The van der Waals surface area contributed by atoms with Crippen molar-refractivity contribution in [3.05, 3.63) is 65.9 Å². The molecule has 0 aliphatic heterocycles. The fourth-order valence-corrected chi connectivity index (χ4v) is 4.10. The summed E-state index contributed by atoms with van der Waals surface area (Å²) in [4.78, 5) is 10.7. The molecule has 0 bridgehead atoms. The van der Waals surface area contributed by atoms with Crippen molar-refractivity contribution in [3.63, 3.8) is 0 Å². The fraction of sp³-hybridized carbons (Fsp3) is 0.261. The van der Waals surface area contributed by atoms with Gasteiger partial charge in [0.05, 0.1) is 25.2 Å². The SMILES string of the molecule is COc1ccc2c(c1)C[C@@H](Nc1cc(-c3cncc(F)c3)nc3c(N(C)C)cnn13)C2. The molecule has 1 aliphatic carbocycles. The van der Waals surface area contributed by atoms with E-state index in [1.54, 1.807) is 24.0 Å². The Labute approximate surface area is 179 Å². The maximum absolute atomic E-state index is 13.8. The topological polar surface area (TPSA) is 67.6 Å². The Morgan fingerprint density at radius 3 is 2.71 bits per heavy atom. The zero-order valence-electron chi connectivity index (χ0n) is 17.6. The van der Waals surface area contributed by atoms with Crippen LogP contribution in [0, 0.1) is 5.82 Å². The molecule has 158 valence electrons. The molecule has 1 N–H and O–H groups in total. The number of methoxy groups -OCH3 is 1. The number of nitrogens with one attached hydrogen (secondary N) is 1. The molecule has 0 saturated carbocycles. The van der Waals surface area contributed by atoms with Crippen LogP contribution in [0.5, 0.6) is 5.75 Å². The number of ether oxygens (including phenoxy) is 1. The van der Waals surface area contributed by atoms with E-state index in [4.69, 9.17) is 9.72 Å². The lowest BCUT2D eigenvalue weighted by Gasteiger charge is -2.17. The minimum atomic E-state index is -0.393. The number of fused-ring (bicyclic) bond motifs is 2. The number of hydrogen-bond donors (Lipinski definition) is 1. The molecule has 3 heterocycles. The number of benzene rings is 1. The van der Waals surface area contributed by atoms with Crippen LogP contribution in [-0.2, 0) is 12.8 Å². The van der Waals surface area contributed by atoms with Gasteiger partial charge in [-0.05, 0) is 42.2 Å². The first kappa shape index (κ1) is 19.3. The van der Waals surface area contributed by atoms with Gasteiger partial charge in [0.1, 0.15) is 23.1 Å². The van der Waals surface area contributed by atoms with Crippen LogP contribution in [0.3, 0.4) is 0 Å². The summed E-state index contributed by atoms with van der Waals surface area (Å²) >= 11 is 0. The van der Waals surface area contributed by atoms with Gasteiger partial charge in [0.15, 0.2) is 5.65 Å². The molecule has 7 nitrogen and oxygen atoms in total. The fourth-order valence-electron chi connectivity index (χ4n) is 4.10. The van der Waals surface area contributed by atoms with E-state index in [0.717, 1.165) is 30.1 Å². The molecule has 0 saturated heterocycles. The van der Waals surface area contributed by atoms with Crippen LogP contribution in [0.2, 0.25) is 0 Å². The van der Waals surface area contributed by atoms with Crippen LogP contribution in [0.4, 0.5) is 15.9 Å². The second kappa shape index (κ2) is 7.54. The lowest BCUT2D eigenvalue weighted by atomic mass is 10.1. The van der Waals surface area contributed by atoms with Gasteiger partial charge in [-0.15, -0.1) is 0 Å². The zero-order chi connectivity index (χ0) is 21.5. The first-order valence-corrected chi connectivity index (χ1v) is 10.1. The van der Waals surface area contributed by atoms with E-state index in [1.807, 2.05) is 31.1 Å². The lowest BCUT2D eigenvalue weighted by Crippen LogP contribution is -2.21. The Balaban J connectivity index is 1.54. The third-order valence-electron chi connectivity index (χ3n) is 5.63. The number of rotatable bonds is 5. The average molecular weight is 418 g/mol. The van der Waals surface area contributed by atoms with E-state index in [9.17, 15) is 4.39 Å². The predicted molar refractivity (Wildman–Crippen MR) is 118 cm³/mol. The van der Waals surface area contributed by atoms with E-state index >= 15 is 0 Å². The smallest absolute Gasteiger partial charge is 0.181 e. The van der Waals surface area contributed by atoms with Gasteiger partial charge in [0.2, 0.25) is 0 Å². The van der Waals surface area contributed by atoms with E-state index in [2.05, 4.69) is 27.5 Å². The standard InChI is InChI=1S/C23H23FN6O/c1-29(2)21-13-26-30-22(10-20(28-23(21)30)16-6-17(24)12-25-11-16)27-18-7-14-4-5-19(31-3)9-15(14)8-18/h4-6,9-13,18,27H,7-8H2,1-3H3/t18-/m0/s1. The van der Waals surface area contributed by atoms with Crippen molar-refractivity contribution in [3.8, 4) is 17.0 Å². The van der Waals surface area contributed by atoms with Crippen molar-refractivity contribution in [1.82, 2.24) is 19.6 Å². The van der Waals surface area contributed by atoms with Gasteiger partial charge in [0, 0.05) is 38.0 Å². The first-order chi connectivity index (χ1) is 15.0. The number of anilines is 2. The van der Waals surface area contributed by atoms with Crippen LogP contribution >= 0.6 is 0 Å². The van der Waals surface area contributed by atoms with E-state index in [0.29, 0.717) is 16.9 Å². The quantitative estimate of drug-likeness (QED) is 0.534. The van der Waals surface area contributed by atoms with Gasteiger partial charge < -0.3 is 15.0 Å². The summed E-state index contributed by atoms with van der Waals surface area (Å²) in [7, 11) is 5.58. The molecule has 1 atom stereocenters. The van der Waals surface area contributed by atoms with E-state index in [1.165, 1.54) is 23.4 Å². The van der Waals surface area contributed by atoms with Gasteiger partial charge in [-0.1, -0.05) is 6.07 Å². The van der Waals surface area contributed by atoms with Crippen molar-refractivity contribution in [1.29, 1.82) is 0 Å². The summed E-state index contributed by atoms with van der Waals surface area (Å²) in [5.74, 6) is 1.28. The molecule has 0 unspecified atom stereocenters. The van der Waals surface area contributed by atoms with Crippen molar-refractivity contribution in [2.45, 2.75) is 18.9 Å². The molecular formula is C23H23FN6O. The van der Waals surface area contributed by atoms with Gasteiger partial charge in [0.25, 0.3) is 0 Å². The number of halogens is 1. The van der Waals surface area contributed by atoms with Crippen LogP contribution < -0.4 is 15.0 Å². The molecule has 3 aromatic heterocycles. The normalized spacial score (nSPS) is 15.2. The van der Waals surface area contributed by atoms with Crippen LogP contribution in [0.25, 0.3) is 16.9 Å². The largest absolute Gasteiger partial charge is 0.497 e. The highest BCUT2D eigenvalue weighted by Crippen LogP contribution is 2.31. The second-order valence-electron chi connectivity index (χ2n) is 7.96. The van der Waals surface area contributed by atoms with E-state index < -0.39 is 5.82 Å². The molecular weight excluding hydrogens is 395 g/mol. The molecule has 4 aromatic rings. The molecule has 0 fully saturated rings. The number of pyridine rings is 1. The maximum Gasteiger partial charge on any atom is 0.181 e. The molecule has 0 spiro atoms. The number of aromatic nitrogens is 4. The third kappa shape index (κ3) is 3.54. The molecule has 8 heteroatoms. The molecule has 1 aliphatic rings. The Morgan fingerprint density at radius 2 is 1.94 bits per heavy atom. The zero-order valence-corrected chi connectivity index (χ0v) is 17.6. The molecule has 5 rings (SSSR count). The summed E-state index contributed by atoms with van der Waals surface area (Å²) < 4.78 is 21.0. The Bertz CT molecular complexity index is 1270. The van der Waals surface area contributed by atoms with Crippen molar-refractivity contribution >= 4 is 17.2 Å². The maximum atomic E-state index is 13.8. The van der Waals surface area contributed by atoms with Crippen molar-refractivity contribution in [2.75, 3.05) is 31.4 Å². The highest BCUT2D eigenvalue weighted by Gasteiger charge is 2.24. The predicted octanol–water partition coefficient (Wildman–Crippen LogP) is 3.58. The van der Waals surface area contributed by atoms with Crippen molar-refractivity contribution in [2.24, 2.45) is 0 Å². The number of nitrogens with zero attached hydrogens (tertiary/aromatic N) is 5. The first-order valence-electron chi connectivity index (χ1n) is 10.1. The van der Waals surface area contributed by atoms with Gasteiger partial charge >= 0.3 is 0 Å². The summed E-state index contributed by atoms with van der Waals surface area (Å²) in [5, 5.41) is 8.18. The van der Waals surface area contributed by atoms with Crippen LogP contribution in [0.1, 0.15) is 11.1 Å². The monoisotopic (exact) mass is 418 g/mol. The highest BCUT2D eigenvalue weighted by atomic mass is 19.1. The Kier molecular flexibility index (Phi) is 4.69.